The third-order valence-corrected chi connectivity index (χ3v) is 1.59. The minimum Gasteiger partial charge on any atom is -1.00 e. The molecule has 1 heterocycles. The summed E-state index contributed by atoms with van der Waals surface area (Å²) in [5.74, 6) is 0. The molecule has 0 atom stereocenters. The monoisotopic (exact) mass is 234 g/mol. The number of rotatable bonds is 3. The number of carbonyl (C=O) groups is 1. The van der Waals surface area contributed by atoms with Gasteiger partial charge in [0.1, 0.15) is 12.4 Å². The van der Waals surface area contributed by atoms with Crippen LogP contribution in [0.3, 0.4) is 0 Å². The lowest BCUT2D eigenvalue weighted by atomic mass is 10.3. The molecule has 4 N–H and O–H groups in total. The van der Waals surface area contributed by atoms with E-state index in [1.54, 1.807) is 0 Å². The first-order valence-electron chi connectivity index (χ1n) is 4.62. The van der Waals surface area contributed by atoms with Crippen LogP contribution in [0.1, 0.15) is 19.8 Å². The Kier molecular flexibility index (Phi) is 10.1. The van der Waals surface area contributed by atoms with E-state index < -0.39 is 6.03 Å². The van der Waals surface area contributed by atoms with E-state index in [1.807, 2.05) is 7.05 Å². The van der Waals surface area contributed by atoms with E-state index in [4.69, 9.17) is 4.79 Å². The van der Waals surface area contributed by atoms with Crippen LogP contribution in [0.5, 0.6) is 0 Å². The van der Waals surface area contributed by atoms with Gasteiger partial charge in [0, 0.05) is 0 Å². The maximum Gasteiger partial charge on any atom is 0.309 e. The van der Waals surface area contributed by atoms with Gasteiger partial charge in [0.25, 0.3) is 0 Å². The number of hydrogen-bond acceptors (Lipinski definition) is 1. The topological polar surface area (TPSA) is 77.9 Å². The summed E-state index contributed by atoms with van der Waals surface area (Å²) in [6.07, 6.45) is 8.82. The van der Waals surface area contributed by atoms with Crippen molar-refractivity contribution in [2.24, 2.45) is 18.5 Å². The van der Waals surface area contributed by atoms with Gasteiger partial charge >= 0.3 is 6.03 Å². The van der Waals surface area contributed by atoms with Crippen LogP contribution in [0.25, 0.3) is 0 Å². The Morgan fingerprint density at radius 3 is 2.33 bits per heavy atom. The fourth-order valence-electron chi connectivity index (χ4n) is 0.975. The predicted octanol–water partition coefficient (Wildman–Crippen LogP) is -2.86. The molecule has 0 fully saturated rings. The molecule has 0 aliphatic carbocycles. The molecule has 0 saturated heterocycles. The van der Waals surface area contributed by atoms with Gasteiger partial charge in [0.05, 0.1) is 13.6 Å². The van der Waals surface area contributed by atoms with Crippen molar-refractivity contribution in [3.63, 3.8) is 0 Å². The Balaban J connectivity index is 0. The number of amides is 2. The summed E-state index contributed by atoms with van der Waals surface area (Å²) in [4.78, 5) is 9.00. The molecule has 0 unspecified atom stereocenters. The molecule has 1 aromatic rings. The number of urea groups is 1. The van der Waals surface area contributed by atoms with Crippen molar-refractivity contribution in [2.45, 2.75) is 26.3 Å². The number of primary amides is 2. The second-order valence-corrected chi connectivity index (χ2v) is 3.07. The third kappa shape index (κ3) is 10.7. The largest absolute Gasteiger partial charge is 1.00 e. The second kappa shape index (κ2) is 9.33. The molecule has 0 radical (unpaired) electrons. The number of halogens is 1. The Bertz CT molecular complexity index is 271. The van der Waals surface area contributed by atoms with E-state index in [0.29, 0.717) is 0 Å². The zero-order chi connectivity index (χ0) is 11.0. The van der Waals surface area contributed by atoms with E-state index in [9.17, 15) is 0 Å². The highest BCUT2D eigenvalue weighted by molar-refractivity contribution is 5.69. The predicted molar refractivity (Wildman–Crippen MR) is 54.3 cm³/mol. The van der Waals surface area contributed by atoms with Crippen LogP contribution in [-0.4, -0.2) is 10.6 Å². The lowest BCUT2D eigenvalue weighted by molar-refractivity contribution is -0.696. The summed E-state index contributed by atoms with van der Waals surface area (Å²) in [6, 6.07) is -0.833. The molecule has 88 valence electrons. The van der Waals surface area contributed by atoms with E-state index >= 15 is 0 Å². The highest BCUT2D eigenvalue weighted by Gasteiger charge is 1.96. The number of imidazole rings is 1. The molecule has 15 heavy (non-hydrogen) atoms. The van der Waals surface area contributed by atoms with Gasteiger partial charge in [-0.25, -0.2) is 13.9 Å². The quantitative estimate of drug-likeness (QED) is 0.543. The average Bonchev–Trinajstić information content (AvgIpc) is 2.47. The Hall–Kier alpha value is -1.23. The number of nitrogens with two attached hydrogens (primary N) is 2. The Morgan fingerprint density at radius 2 is 2.00 bits per heavy atom. The lowest BCUT2D eigenvalue weighted by Gasteiger charge is -1.90. The van der Waals surface area contributed by atoms with Gasteiger partial charge in [-0.2, -0.15) is 0 Å². The summed E-state index contributed by atoms with van der Waals surface area (Å²) in [6.45, 7) is 3.36. The van der Waals surface area contributed by atoms with Gasteiger partial charge < -0.3 is 23.9 Å². The molecular weight excluding hydrogens is 216 g/mol. The summed E-state index contributed by atoms with van der Waals surface area (Å²) in [7, 11) is 2.04. The Labute approximate surface area is 96.5 Å². The van der Waals surface area contributed by atoms with Gasteiger partial charge in [-0.05, 0) is 6.42 Å². The molecule has 5 nitrogen and oxygen atoms in total. The highest BCUT2D eigenvalue weighted by Crippen LogP contribution is 1.85. The van der Waals surface area contributed by atoms with Crippen LogP contribution < -0.4 is 28.4 Å². The summed E-state index contributed by atoms with van der Waals surface area (Å²) >= 11 is 0. The minimum absolute atomic E-state index is 0. The van der Waals surface area contributed by atoms with Crippen LogP contribution in [0.15, 0.2) is 18.7 Å². The first kappa shape index (κ1) is 16.2. The smallest absolute Gasteiger partial charge is 0.309 e. The van der Waals surface area contributed by atoms with Crippen molar-refractivity contribution in [1.82, 2.24) is 4.57 Å². The minimum atomic E-state index is -0.833. The van der Waals surface area contributed by atoms with E-state index in [-0.39, 0.29) is 12.4 Å². The van der Waals surface area contributed by atoms with Crippen LogP contribution in [0, 0.1) is 0 Å². The van der Waals surface area contributed by atoms with Gasteiger partial charge in [-0.15, -0.1) is 0 Å². The number of carbonyl (C=O) groups excluding carboxylic acids is 1. The average molecular weight is 235 g/mol. The van der Waals surface area contributed by atoms with Crippen molar-refractivity contribution in [1.29, 1.82) is 0 Å². The molecule has 1 aromatic heterocycles. The summed E-state index contributed by atoms with van der Waals surface area (Å²) < 4.78 is 4.28. The number of unbranched alkanes of at least 4 members (excludes halogenated alkanes) is 1. The fraction of sp³-hybridized carbons (Fsp3) is 0.556. The molecule has 0 spiro atoms. The SMILES string of the molecule is CCCC[n+]1ccn(C)c1.NC(N)=O.[Cl-]. The molecule has 2 amide bonds. The number of hydrogen-bond donors (Lipinski definition) is 2. The van der Waals surface area contributed by atoms with Crippen LogP contribution in [-0.2, 0) is 13.6 Å². The van der Waals surface area contributed by atoms with Crippen molar-refractivity contribution in [2.75, 3.05) is 0 Å². The van der Waals surface area contributed by atoms with Gasteiger partial charge in [-0.1, -0.05) is 13.3 Å². The molecule has 6 heteroatoms. The lowest BCUT2D eigenvalue weighted by Crippen LogP contribution is -3.00. The van der Waals surface area contributed by atoms with Crippen molar-refractivity contribution < 1.29 is 21.8 Å². The van der Waals surface area contributed by atoms with Crippen LogP contribution in [0.2, 0.25) is 0 Å². The van der Waals surface area contributed by atoms with Crippen LogP contribution >= 0.6 is 0 Å². The Morgan fingerprint density at radius 1 is 1.47 bits per heavy atom. The molecule has 0 aromatic carbocycles. The molecule has 0 aliphatic rings. The summed E-state index contributed by atoms with van der Waals surface area (Å²) in [5, 5.41) is 0. The standard InChI is InChI=1S/C8H15N2.CH4N2O.ClH/c1-3-4-5-10-7-6-9(2)8-10;2-1(3)4;/h6-8H,3-5H2,1-2H3;(H4,2,3,4);1H/q+1;;/p-1. The molecule has 0 saturated carbocycles. The van der Waals surface area contributed by atoms with E-state index in [0.717, 1.165) is 6.54 Å². The highest BCUT2D eigenvalue weighted by atomic mass is 35.5. The first-order chi connectivity index (χ1) is 6.56. The van der Waals surface area contributed by atoms with Gasteiger partial charge in [0.2, 0.25) is 6.33 Å². The van der Waals surface area contributed by atoms with Gasteiger partial charge in [-0.3, -0.25) is 0 Å². The molecular formula is C9H19ClN4O. The molecule has 0 aliphatic heterocycles. The molecule has 1 rings (SSSR count). The van der Waals surface area contributed by atoms with E-state index in [2.05, 4.69) is 46.2 Å². The van der Waals surface area contributed by atoms with E-state index in [1.165, 1.54) is 12.8 Å². The zero-order valence-electron chi connectivity index (χ0n) is 9.19. The van der Waals surface area contributed by atoms with Crippen LogP contribution in [0.4, 0.5) is 4.79 Å². The summed E-state index contributed by atoms with van der Waals surface area (Å²) in [5.41, 5.74) is 8.50. The zero-order valence-corrected chi connectivity index (χ0v) is 9.94. The number of aryl methyl sites for hydroxylation is 2. The number of aromatic nitrogens is 2. The second-order valence-electron chi connectivity index (χ2n) is 3.07. The normalized spacial score (nSPS) is 8.40. The first-order valence-corrected chi connectivity index (χ1v) is 4.62. The molecule has 0 bridgehead atoms. The maximum absolute atomic E-state index is 9.00. The third-order valence-electron chi connectivity index (χ3n) is 1.59. The van der Waals surface area contributed by atoms with Crippen molar-refractivity contribution in [3.05, 3.63) is 18.7 Å². The van der Waals surface area contributed by atoms with Crippen molar-refractivity contribution in [3.8, 4) is 0 Å². The number of nitrogens with zero attached hydrogens (tertiary/aromatic N) is 2. The fourth-order valence-corrected chi connectivity index (χ4v) is 0.975. The van der Waals surface area contributed by atoms with Crippen molar-refractivity contribution >= 4 is 6.03 Å². The maximum atomic E-state index is 9.00. The van der Waals surface area contributed by atoms with Gasteiger partial charge in [0.15, 0.2) is 0 Å².